The van der Waals surface area contributed by atoms with Gasteiger partial charge in [0.25, 0.3) is 5.69 Å². The Bertz CT molecular complexity index is 525. The maximum absolute atomic E-state index is 10.7. The summed E-state index contributed by atoms with van der Waals surface area (Å²) < 4.78 is 1.28. The van der Waals surface area contributed by atoms with Crippen LogP contribution < -0.4 is 0 Å². The van der Waals surface area contributed by atoms with Crippen molar-refractivity contribution in [3.63, 3.8) is 0 Å². The van der Waals surface area contributed by atoms with Crippen LogP contribution in [-0.2, 0) is 0 Å². The van der Waals surface area contributed by atoms with E-state index in [1.54, 1.807) is 11.4 Å². The molecule has 1 heterocycles. The fraction of sp³-hybridized carbons (Fsp3) is 0. The fourth-order valence-corrected chi connectivity index (χ4v) is 2.87. The van der Waals surface area contributed by atoms with Gasteiger partial charge in [0, 0.05) is 21.3 Å². The van der Waals surface area contributed by atoms with E-state index in [9.17, 15) is 10.1 Å². The molecule has 0 N–H and O–H groups in total. The number of fused-ring (bicyclic) bond motifs is 1. The van der Waals surface area contributed by atoms with Crippen molar-refractivity contribution in [1.82, 2.24) is 0 Å². The van der Waals surface area contributed by atoms with Crippen molar-refractivity contribution < 1.29 is 4.92 Å². The average Bonchev–Trinajstić information content (AvgIpc) is 2.47. The zero-order chi connectivity index (χ0) is 10.3. The Kier molecular flexibility index (Phi) is 2.47. The van der Waals surface area contributed by atoms with Gasteiger partial charge in [-0.3, -0.25) is 10.1 Å². The number of nitro groups is 1. The van der Waals surface area contributed by atoms with Gasteiger partial charge in [-0.05, 0) is 6.07 Å². The van der Waals surface area contributed by atoms with E-state index in [0.29, 0.717) is 14.2 Å². The lowest BCUT2D eigenvalue weighted by Crippen LogP contribution is -1.87. The van der Waals surface area contributed by atoms with Crippen molar-refractivity contribution in [3.8, 4) is 0 Å². The number of halogens is 2. The summed E-state index contributed by atoms with van der Waals surface area (Å²) >= 11 is 10.4. The molecule has 0 radical (unpaired) electrons. The summed E-state index contributed by atoms with van der Waals surface area (Å²) in [7, 11) is 0. The Labute approximate surface area is 96.6 Å². The van der Waals surface area contributed by atoms with Gasteiger partial charge in [0.2, 0.25) is 0 Å². The van der Waals surface area contributed by atoms with Gasteiger partial charge in [-0.25, -0.2) is 0 Å². The summed E-state index contributed by atoms with van der Waals surface area (Å²) in [6, 6.07) is 3.26. The Hall–Kier alpha value is -0.650. The van der Waals surface area contributed by atoms with Gasteiger partial charge in [-0.2, -0.15) is 0 Å². The number of hydrogen-bond donors (Lipinski definition) is 0. The molecule has 0 aliphatic rings. The average molecular weight is 293 g/mol. The minimum absolute atomic E-state index is 0.0891. The second-order valence-corrected chi connectivity index (χ2v) is 4.84. The third kappa shape index (κ3) is 1.51. The molecule has 0 spiro atoms. The van der Waals surface area contributed by atoms with Crippen molar-refractivity contribution in [2.24, 2.45) is 0 Å². The van der Waals surface area contributed by atoms with Crippen LogP contribution in [0.3, 0.4) is 0 Å². The first kappa shape index (κ1) is 9.89. The molecule has 2 rings (SSSR count). The molecule has 3 nitrogen and oxygen atoms in total. The molecular formula is C8H3BrClNO2S. The lowest BCUT2D eigenvalue weighted by molar-refractivity contribution is -0.382. The maximum atomic E-state index is 10.7. The molecule has 1 aromatic carbocycles. The summed E-state index contributed by atoms with van der Waals surface area (Å²) in [5.41, 5.74) is 0.0891. The van der Waals surface area contributed by atoms with E-state index in [-0.39, 0.29) is 5.69 Å². The fourth-order valence-electron chi connectivity index (χ4n) is 1.19. The van der Waals surface area contributed by atoms with E-state index < -0.39 is 4.92 Å². The highest BCUT2D eigenvalue weighted by molar-refractivity contribution is 9.10. The molecule has 0 unspecified atom stereocenters. The number of non-ortho nitro benzene ring substituents is 1. The molecule has 1 aromatic heterocycles. The molecule has 2 aromatic rings. The van der Waals surface area contributed by atoms with Gasteiger partial charge in [-0.1, -0.05) is 27.5 Å². The third-order valence-electron chi connectivity index (χ3n) is 1.77. The quantitative estimate of drug-likeness (QED) is 0.583. The summed E-state index contributed by atoms with van der Waals surface area (Å²) in [5.74, 6) is 0. The van der Waals surface area contributed by atoms with Crippen LogP contribution in [0.2, 0.25) is 5.02 Å². The van der Waals surface area contributed by atoms with Crippen LogP contribution in [0.1, 0.15) is 0 Å². The van der Waals surface area contributed by atoms with Gasteiger partial charge in [0.15, 0.2) is 0 Å². The van der Waals surface area contributed by atoms with Crippen LogP contribution in [0.4, 0.5) is 5.69 Å². The van der Waals surface area contributed by atoms with Crippen LogP contribution in [0, 0.1) is 10.1 Å². The highest BCUT2D eigenvalue weighted by atomic mass is 79.9. The summed E-state index contributed by atoms with van der Waals surface area (Å²) in [6.07, 6.45) is 0. The minimum atomic E-state index is -0.403. The molecule has 14 heavy (non-hydrogen) atoms. The van der Waals surface area contributed by atoms with E-state index in [4.69, 9.17) is 11.6 Å². The molecular weight excluding hydrogens is 290 g/mol. The Morgan fingerprint density at radius 3 is 2.86 bits per heavy atom. The van der Waals surface area contributed by atoms with Crippen LogP contribution >= 0.6 is 38.9 Å². The van der Waals surface area contributed by atoms with Crippen molar-refractivity contribution in [1.29, 1.82) is 0 Å². The predicted molar refractivity (Wildman–Crippen MR) is 61.2 cm³/mol. The largest absolute Gasteiger partial charge is 0.288 e. The number of nitrogens with zero attached hydrogens (tertiary/aromatic N) is 1. The van der Waals surface area contributed by atoms with Gasteiger partial charge in [-0.15, -0.1) is 11.3 Å². The maximum Gasteiger partial charge on any atom is 0.288 e. The van der Waals surface area contributed by atoms with E-state index in [0.717, 1.165) is 5.39 Å². The SMILES string of the molecule is O=[N+]([O-])c1cc(Br)cc2c(Cl)csc12. The number of rotatable bonds is 1. The van der Waals surface area contributed by atoms with Crippen molar-refractivity contribution in [2.75, 3.05) is 0 Å². The summed E-state index contributed by atoms with van der Waals surface area (Å²) in [5, 5.41) is 13.7. The van der Waals surface area contributed by atoms with Gasteiger partial charge >= 0.3 is 0 Å². The number of benzene rings is 1. The topological polar surface area (TPSA) is 43.1 Å². The highest BCUT2D eigenvalue weighted by Crippen LogP contribution is 2.38. The second-order valence-electron chi connectivity index (χ2n) is 2.64. The Balaban J connectivity index is 2.88. The zero-order valence-electron chi connectivity index (χ0n) is 6.66. The number of nitro benzene ring substituents is 1. The molecule has 0 aliphatic heterocycles. The lowest BCUT2D eigenvalue weighted by Gasteiger charge is -1.95. The molecule has 0 saturated carbocycles. The minimum Gasteiger partial charge on any atom is -0.258 e. The van der Waals surface area contributed by atoms with E-state index >= 15 is 0 Å². The molecule has 0 atom stereocenters. The summed E-state index contributed by atoms with van der Waals surface area (Å²) in [6.45, 7) is 0. The molecule has 0 amide bonds. The molecule has 0 fully saturated rings. The summed E-state index contributed by atoms with van der Waals surface area (Å²) in [4.78, 5) is 10.3. The van der Waals surface area contributed by atoms with Crippen LogP contribution in [0.15, 0.2) is 22.0 Å². The first-order valence-corrected chi connectivity index (χ1v) is 5.65. The molecule has 0 aliphatic carbocycles. The highest BCUT2D eigenvalue weighted by Gasteiger charge is 2.16. The first-order chi connectivity index (χ1) is 6.59. The van der Waals surface area contributed by atoms with Gasteiger partial charge in [0.05, 0.1) is 9.95 Å². The number of thiophene rings is 1. The van der Waals surface area contributed by atoms with Gasteiger partial charge < -0.3 is 0 Å². The Morgan fingerprint density at radius 1 is 1.50 bits per heavy atom. The molecule has 72 valence electrons. The van der Waals surface area contributed by atoms with Crippen LogP contribution in [0.25, 0.3) is 10.1 Å². The smallest absolute Gasteiger partial charge is 0.258 e. The van der Waals surface area contributed by atoms with Crippen molar-refractivity contribution in [3.05, 3.63) is 37.1 Å². The van der Waals surface area contributed by atoms with E-state index in [1.807, 2.05) is 0 Å². The molecule has 6 heteroatoms. The van der Waals surface area contributed by atoms with Crippen molar-refractivity contribution in [2.45, 2.75) is 0 Å². The van der Waals surface area contributed by atoms with E-state index in [2.05, 4.69) is 15.9 Å². The molecule has 0 saturated heterocycles. The number of hydrogen-bond acceptors (Lipinski definition) is 3. The van der Waals surface area contributed by atoms with Crippen LogP contribution in [0.5, 0.6) is 0 Å². The van der Waals surface area contributed by atoms with Crippen LogP contribution in [-0.4, -0.2) is 4.92 Å². The third-order valence-corrected chi connectivity index (χ3v) is 3.69. The monoisotopic (exact) mass is 291 g/mol. The zero-order valence-corrected chi connectivity index (χ0v) is 9.82. The standard InChI is InChI=1S/C8H3BrClNO2S/c9-4-1-5-6(10)3-14-8(5)7(2-4)11(12)13/h1-3H. The second kappa shape index (κ2) is 3.49. The molecule has 0 bridgehead atoms. The van der Waals surface area contributed by atoms with Gasteiger partial charge in [0.1, 0.15) is 4.70 Å². The Morgan fingerprint density at radius 2 is 2.21 bits per heavy atom. The first-order valence-electron chi connectivity index (χ1n) is 3.60. The lowest BCUT2D eigenvalue weighted by atomic mass is 10.2. The normalized spacial score (nSPS) is 10.7. The van der Waals surface area contributed by atoms with Crippen molar-refractivity contribution >= 4 is 54.6 Å². The predicted octanol–water partition coefficient (Wildman–Crippen LogP) is 4.23. The van der Waals surface area contributed by atoms with E-state index in [1.165, 1.54) is 17.4 Å².